The van der Waals surface area contributed by atoms with Gasteiger partial charge in [0.1, 0.15) is 11.5 Å². The fourth-order valence-electron chi connectivity index (χ4n) is 3.47. The van der Waals surface area contributed by atoms with E-state index in [1.54, 1.807) is 0 Å². The van der Waals surface area contributed by atoms with Gasteiger partial charge in [0.2, 0.25) is 0 Å². The Morgan fingerprint density at radius 1 is 1.20 bits per heavy atom. The van der Waals surface area contributed by atoms with Crippen molar-refractivity contribution in [2.24, 2.45) is 5.92 Å². The molecule has 2 aliphatic rings. The molecule has 2 nitrogen and oxygen atoms in total. The summed E-state index contributed by atoms with van der Waals surface area (Å²) in [6.07, 6.45) is 9.94. The summed E-state index contributed by atoms with van der Waals surface area (Å²) in [5.41, 5.74) is 2.59. The monoisotopic (exact) mass is 272 g/mol. The molecular weight excluding hydrogens is 248 g/mol. The summed E-state index contributed by atoms with van der Waals surface area (Å²) in [4.78, 5) is 12.0. The summed E-state index contributed by atoms with van der Waals surface area (Å²) in [5, 5.41) is 0. The molecule has 1 aromatic rings. The van der Waals surface area contributed by atoms with E-state index in [4.69, 9.17) is 4.74 Å². The number of benzene rings is 1. The van der Waals surface area contributed by atoms with Crippen LogP contribution in [0.3, 0.4) is 0 Å². The number of carbonyl (C=O) groups is 1. The highest BCUT2D eigenvalue weighted by molar-refractivity contribution is 5.78. The number of fused-ring (bicyclic) bond motifs is 1. The third-order valence-corrected chi connectivity index (χ3v) is 4.75. The molecule has 0 N–H and O–H groups in total. The smallest absolute Gasteiger partial charge is 0.133 e. The molecule has 0 radical (unpaired) electrons. The van der Waals surface area contributed by atoms with Gasteiger partial charge < -0.3 is 4.74 Å². The van der Waals surface area contributed by atoms with E-state index in [0.717, 1.165) is 44.0 Å². The van der Waals surface area contributed by atoms with Gasteiger partial charge in [-0.1, -0.05) is 37.8 Å². The first-order valence-corrected chi connectivity index (χ1v) is 8.07. The minimum atomic E-state index is 0.439. The van der Waals surface area contributed by atoms with E-state index in [2.05, 4.69) is 18.2 Å². The second-order valence-corrected chi connectivity index (χ2v) is 6.27. The zero-order chi connectivity index (χ0) is 13.8. The molecule has 0 atom stereocenters. The number of hydrogen-bond acceptors (Lipinski definition) is 2. The van der Waals surface area contributed by atoms with E-state index in [0.29, 0.717) is 12.2 Å². The molecule has 0 amide bonds. The highest BCUT2D eigenvalue weighted by atomic mass is 16.5. The van der Waals surface area contributed by atoms with Gasteiger partial charge in [-0.05, 0) is 36.0 Å². The van der Waals surface area contributed by atoms with Crippen molar-refractivity contribution in [3.63, 3.8) is 0 Å². The van der Waals surface area contributed by atoms with Crippen LogP contribution in [0, 0.1) is 5.92 Å². The van der Waals surface area contributed by atoms with Crippen LogP contribution in [0.4, 0.5) is 0 Å². The summed E-state index contributed by atoms with van der Waals surface area (Å²) in [7, 11) is 0. The lowest BCUT2D eigenvalue weighted by Crippen LogP contribution is -2.03. The van der Waals surface area contributed by atoms with E-state index in [1.165, 1.54) is 36.8 Å². The van der Waals surface area contributed by atoms with Gasteiger partial charge in [-0.25, -0.2) is 0 Å². The third kappa shape index (κ3) is 3.41. The largest absolute Gasteiger partial charge is 0.493 e. The maximum Gasteiger partial charge on any atom is 0.133 e. The molecule has 0 unspecified atom stereocenters. The molecule has 1 aliphatic carbocycles. The Bertz CT molecular complexity index is 472. The molecule has 1 aromatic carbocycles. The summed E-state index contributed by atoms with van der Waals surface area (Å²) in [6, 6.07) is 6.38. The molecule has 1 heterocycles. The fraction of sp³-hybridized carbons (Fsp3) is 0.611. The van der Waals surface area contributed by atoms with Gasteiger partial charge in [0.05, 0.1) is 6.61 Å². The lowest BCUT2D eigenvalue weighted by Gasteiger charge is -2.08. The van der Waals surface area contributed by atoms with Gasteiger partial charge in [0, 0.05) is 19.3 Å². The lowest BCUT2D eigenvalue weighted by molar-refractivity contribution is -0.119. The number of hydrogen-bond donors (Lipinski definition) is 0. The van der Waals surface area contributed by atoms with Crippen molar-refractivity contribution < 1.29 is 9.53 Å². The van der Waals surface area contributed by atoms with Crippen LogP contribution in [0.2, 0.25) is 0 Å². The van der Waals surface area contributed by atoms with Gasteiger partial charge in [-0.2, -0.15) is 0 Å². The number of aryl methyl sites for hydroxylation is 1. The van der Waals surface area contributed by atoms with Gasteiger partial charge in [0.15, 0.2) is 0 Å². The van der Waals surface area contributed by atoms with E-state index in [9.17, 15) is 4.79 Å². The lowest BCUT2D eigenvalue weighted by atomic mass is 9.97. The zero-order valence-corrected chi connectivity index (χ0v) is 12.2. The highest BCUT2D eigenvalue weighted by Crippen LogP contribution is 2.29. The predicted molar refractivity (Wildman–Crippen MR) is 80.2 cm³/mol. The van der Waals surface area contributed by atoms with E-state index in [1.807, 2.05) is 0 Å². The molecule has 0 bridgehead atoms. The van der Waals surface area contributed by atoms with Crippen molar-refractivity contribution in [3.05, 3.63) is 29.3 Å². The minimum Gasteiger partial charge on any atom is -0.493 e. The van der Waals surface area contributed by atoms with Crippen LogP contribution in [-0.4, -0.2) is 12.4 Å². The molecule has 0 saturated heterocycles. The summed E-state index contributed by atoms with van der Waals surface area (Å²) in [6.45, 7) is 0.805. The van der Waals surface area contributed by atoms with Gasteiger partial charge >= 0.3 is 0 Å². The Morgan fingerprint density at radius 2 is 2.05 bits per heavy atom. The van der Waals surface area contributed by atoms with Crippen LogP contribution < -0.4 is 4.74 Å². The topological polar surface area (TPSA) is 26.3 Å². The van der Waals surface area contributed by atoms with Crippen molar-refractivity contribution in [1.82, 2.24) is 0 Å². The third-order valence-electron chi connectivity index (χ3n) is 4.75. The van der Waals surface area contributed by atoms with Crippen molar-refractivity contribution in [1.29, 1.82) is 0 Å². The van der Waals surface area contributed by atoms with Crippen molar-refractivity contribution in [2.75, 3.05) is 6.61 Å². The van der Waals surface area contributed by atoms with Crippen LogP contribution in [-0.2, 0) is 17.6 Å². The summed E-state index contributed by atoms with van der Waals surface area (Å²) >= 11 is 0. The molecule has 1 aliphatic heterocycles. The number of rotatable bonds is 6. The normalized spacial score (nSPS) is 18.0. The molecule has 108 valence electrons. The predicted octanol–water partition coefficient (Wildman–Crippen LogP) is 4.09. The maximum atomic E-state index is 12.0. The zero-order valence-electron chi connectivity index (χ0n) is 12.2. The quantitative estimate of drug-likeness (QED) is 0.779. The average molecular weight is 272 g/mol. The Morgan fingerprint density at radius 3 is 2.90 bits per heavy atom. The molecule has 1 fully saturated rings. The average Bonchev–Trinajstić information content (AvgIpc) is 3.13. The SMILES string of the molecule is O=C(CCc1ccc2c(c1)CCO2)CCC1CCCC1. The Kier molecular flexibility index (Phi) is 4.39. The first-order valence-electron chi connectivity index (χ1n) is 8.07. The Balaban J connectivity index is 1.43. The standard InChI is InChI=1S/C18H24O2/c19-17(8-5-14-3-1-2-4-14)9-6-15-7-10-18-16(13-15)11-12-20-18/h7,10,13-14H,1-6,8-9,11-12H2. The highest BCUT2D eigenvalue weighted by Gasteiger charge is 2.16. The van der Waals surface area contributed by atoms with E-state index in [-0.39, 0.29) is 0 Å². The van der Waals surface area contributed by atoms with Crippen LogP contribution in [0.15, 0.2) is 18.2 Å². The summed E-state index contributed by atoms with van der Waals surface area (Å²) in [5.74, 6) is 2.30. The Hall–Kier alpha value is -1.31. The molecule has 3 rings (SSSR count). The molecule has 2 heteroatoms. The Labute approximate surface area is 121 Å². The molecular formula is C18H24O2. The van der Waals surface area contributed by atoms with Gasteiger partial charge in [-0.3, -0.25) is 4.79 Å². The first kappa shape index (κ1) is 13.7. The number of Topliss-reactive ketones (excluding diaryl/α,β-unsaturated/α-hetero) is 1. The van der Waals surface area contributed by atoms with Gasteiger partial charge in [-0.15, -0.1) is 0 Å². The second kappa shape index (κ2) is 6.43. The van der Waals surface area contributed by atoms with Crippen LogP contribution in [0.5, 0.6) is 5.75 Å². The fourth-order valence-corrected chi connectivity index (χ4v) is 3.47. The van der Waals surface area contributed by atoms with Crippen LogP contribution in [0.1, 0.15) is 56.1 Å². The molecule has 0 spiro atoms. The van der Waals surface area contributed by atoms with Crippen LogP contribution in [0.25, 0.3) is 0 Å². The van der Waals surface area contributed by atoms with Crippen molar-refractivity contribution in [3.8, 4) is 5.75 Å². The first-order chi connectivity index (χ1) is 9.81. The molecule has 0 aromatic heterocycles. The number of ether oxygens (including phenoxy) is 1. The van der Waals surface area contributed by atoms with E-state index >= 15 is 0 Å². The molecule has 20 heavy (non-hydrogen) atoms. The van der Waals surface area contributed by atoms with Crippen LogP contribution >= 0.6 is 0 Å². The van der Waals surface area contributed by atoms with Crippen molar-refractivity contribution >= 4 is 5.78 Å². The minimum absolute atomic E-state index is 0.439. The summed E-state index contributed by atoms with van der Waals surface area (Å²) < 4.78 is 5.51. The van der Waals surface area contributed by atoms with Crippen molar-refractivity contribution in [2.45, 2.75) is 57.8 Å². The number of carbonyl (C=O) groups excluding carboxylic acids is 1. The maximum absolute atomic E-state index is 12.0. The molecule has 1 saturated carbocycles. The number of ketones is 1. The van der Waals surface area contributed by atoms with Gasteiger partial charge in [0.25, 0.3) is 0 Å². The van der Waals surface area contributed by atoms with E-state index < -0.39 is 0 Å². The second-order valence-electron chi connectivity index (χ2n) is 6.27.